The number of rotatable bonds is 1. The van der Waals surface area contributed by atoms with Crippen molar-refractivity contribution in [1.82, 2.24) is 0 Å². The SMILES string of the molecule is CC(N)C1(C)OCCCO1. The van der Waals surface area contributed by atoms with Gasteiger partial charge in [0.25, 0.3) is 0 Å². The molecule has 60 valence electrons. The first-order valence-corrected chi connectivity index (χ1v) is 3.68. The van der Waals surface area contributed by atoms with Crippen molar-refractivity contribution in [2.45, 2.75) is 32.1 Å². The van der Waals surface area contributed by atoms with Crippen LogP contribution in [0.3, 0.4) is 0 Å². The van der Waals surface area contributed by atoms with Gasteiger partial charge in [0.05, 0.1) is 19.3 Å². The van der Waals surface area contributed by atoms with Crippen LogP contribution >= 0.6 is 0 Å². The van der Waals surface area contributed by atoms with E-state index in [4.69, 9.17) is 15.2 Å². The lowest BCUT2D eigenvalue weighted by Gasteiger charge is -2.36. The van der Waals surface area contributed by atoms with Gasteiger partial charge in [-0.05, 0) is 20.3 Å². The van der Waals surface area contributed by atoms with Crippen molar-refractivity contribution >= 4 is 0 Å². The van der Waals surface area contributed by atoms with Crippen LogP contribution < -0.4 is 5.73 Å². The molecule has 0 bridgehead atoms. The molecule has 0 radical (unpaired) electrons. The highest BCUT2D eigenvalue weighted by molar-refractivity contribution is 4.76. The molecule has 3 nitrogen and oxygen atoms in total. The van der Waals surface area contributed by atoms with Crippen LogP contribution in [0.4, 0.5) is 0 Å². The monoisotopic (exact) mass is 145 g/mol. The van der Waals surface area contributed by atoms with E-state index in [0.29, 0.717) is 0 Å². The van der Waals surface area contributed by atoms with E-state index in [1.54, 1.807) is 0 Å². The maximum atomic E-state index is 5.65. The Bertz CT molecular complexity index is 108. The average Bonchev–Trinajstić information content (AvgIpc) is 1.89. The minimum absolute atomic E-state index is 0.0622. The second-order valence-electron chi connectivity index (χ2n) is 2.86. The molecule has 0 spiro atoms. The molecule has 1 heterocycles. The van der Waals surface area contributed by atoms with Crippen molar-refractivity contribution in [2.24, 2.45) is 5.73 Å². The highest BCUT2D eigenvalue weighted by Crippen LogP contribution is 2.20. The smallest absolute Gasteiger partial charge is 0.180 e. The summed E-state index contributed by atoms with van der Waals surface area (Å²) in [6.07, 6.45) is 0.975. The molecule has 0 aliphatic carbocycles. The third kappa shape index (κ3) is 1.48. The zero-order valence-electron chi connectivity index (χ0n) is 6.59. The van der Waals surface area contributed by atoms with Crippen LogP contribution in [-0.4, -0.2) is 25.0 Å². The van der Waals surface area contributed by atoms with Crippen LogP contribution in [0.1, 0.15) is 20.3 Å². The third-order valence-corrected chi connectivity index (χ3v) is 1.89. The lowest BCUT2D eigenvalue weighted by Crippen LogP contribution is -2.50. The molecular formula is C7H15NO2. The molecule has 1 saturated heterocycles. The number of nitrogens with two attached hydrogens (primary N) is 1. The first-order valence-electron chi connectivity index (χ1n) is 3.68. The summed E-state index contributed by atoms with van der Waals surface area (Å²) in [6, 6.07) is -0.0622. The van der Waals surface area contributed by atoms with E-state index in [0.717, 1.165) is 19.6 Å². The van der Waals surface area contributed by atoms with E-state index in [9.17, 15) is 0 Å². The maximum Gasteiger partial charge on any atom is 0.180 e. The molecule has 0 aromatic heterocycles. The number of ether oxygens (including phenoxy) is 2. The van der Waals surface area contributed by atoms with Crippen molar-refractivity contribution in [1.29, 1.82) is 0 Å². The molecule has 1 aliphatic rings. The van der Waals surface area contributed by atoms with Crippen molar-refractivity contribution in [2.75, 3.05) is 13.2 Å². The fraction of sp³-hybridized carbons (Fsp3) is 1.00. The molecule has 2 N–H and O–H groups in total. The Labute approximate surface area is 61.5 Å². The highest BCUT2D eigenvalue weighted by Gasteiger charge is 2.32. The quantitative estimate of drug-likeness (QED) is 0.584. The van der Waals surface area contributed by atoms with E-state index in [1.807, 2.05) is 13.8 Å². The van der Waals surface area contributed by atoms with Crippen molar-refractivity contribution < 1.29 is 9.47 Å². The van der Waals surface area contributed by atoms with Crippen LogP contribution in [0.2, 0.25) is 0 Å². The second kappa shape index (κ2) is 2.86. The summed E-state index contributed by atoms with van der Waals surface area (Å²) in [5.41, 5.74) is 5.65. The van der Waals surface area contributed by atoms with Crippen LogP contribution in [0.5, 0.6) is 0 Å². The molecule has 3 heteroatoms. The second-order valence-corrected chi connectivity index (χ2v) is 2.86. The Kier molecular flexibility index (Phi) is 2.28. The van der Waals surface area contributed by atoms with Gasteiger partial charge < -0.3 is 15.2 Å². The van der Waals surface area contributed by atoms with Gasteiger partial charge in [0.1, 0.15) is 0 Å². The van der Waals surface area contributed by atoms with Crippen LogP contribution in [-0.2, 0) is 9.47 Å². The van der Waals surface area contributed by atoms with E-state index in [1.165, 1.54) is 0 Å². The summed E-state index contributed by atoms with van der Waals surface area (Å²) in [7, 11) is 0. The summed E-state index contributed by atoms with van der Waals surface area (Å²) in [5.74, 6) is -0.543. The lowest BCUT2D eigenvalue weighted by atomic mass is 10.1. The molecule has 0 aromatic carbocycles. The Morgan fingerprint density at radius 3 is 2.20 bits per heavy atom. The topological polar surface area (TPSA) is 44.5 Å². The zero-order chi connectivity index (χ0) is 7.61. The van der Waals surface area contributed by atoms with Crippen LogP contribution in [0, 0.1) is 0 Å². The van der Waals surface area contributed by atoms with Gasteiger partial charge in [0.15, 0.2) is 5.79 Å². The molecule has 0 aromatic rings. The zero-order valence-corrected chi connectivity index (χ0v) is 6.59. The fourth-order valence-electron chi connectivity index (χ4n) is 0.913. The highest BCUT2D eigenvalue weighted by atomic mass is 16.7. The Morgan fingerprint density at radius 1 is 1.40 bits per heavy atom. The Balaban J connectivity index is 2.48. The van der Waals surface area contributed by atoms with Gasteiger partial charge >= 0.3 is 0 Å². The number of hydrogen-bond acceptors (Lipinski definition) is 3. The maximum absolute atomic E-state index is 5.65. The molecule has 1 atom stereocenters. The van der Waals surface area contributed by atoms with Crippen LogP contribution in [0.25, 0.3) is 0 Å². The Morgan fingerprint density at radius 2 is 1.90 bits per heavy atom. The normalized spacial score (nSPS) is 27.9. The molecule has 10 heavy (non-hydrogen) atoms. The lowest BCUT2D eigenvalue weighted by molar-refractivity contribution is -0.263. The molecule has 1 unspecified atom stereocenters. The van der Waals surface area contributed by atoms with Gasteiger partial charge in [-0.2, -0.15) is 0 Å². The molecule has 1 fully saturated rings. The van der Waals surface area contributed by atoms with Crippen molar-refractivity contribution in [3.8, 4) is 0 Å². The van der Waals surface area contributed by atoms with E-state index >= 15 is 0 Å². The minimum Gasteiger partial charge on any atom is -0.349 e. The van der Waals surface area contributed by atoms with Gasteiger partial charge in [-0.3, -0.25) is 0 Å². The van der Waals surface area contributed by atoms with Crippen molar-refractivity contribution in [3.63, 3.8) is 0 Å². The van der Waals surface area contributed by atoms with Gasteiger partial charge in [-0.25, -0.2) is 0 Å². The fourth-order valence-corrected chi connectivity index (χ4v) is 0.913. The van der Waals surface area contributed by atoms with E-state index < -0.39 is 5.79 Å². The molecular weight excluding hydrogens is 130 g/mol. The van der Waals surface area contributed by atoms with Gasteiger partial charge in [-0.1, -0.05) is 0 Å². The first-order chi connectivity index (χ1) is 4.65. The molecule has 1 aliphatic heterocycles. The summed E-state index contributed by atoms with van der Waals surface area (Å²) in [4.78, 5) is 0. The standard InChI is InChI=1S/C7H15NO2/c1-6(8)7(2)9-4-3-5-10-7/h6H,3-5,8H2,1-2H3. The number of hydrogen-bond donors (Lipinski definition) is 1. The molecule has 0 saturated carbocycles. The summed E-state index contributed by atoms with van der Waals surface area (Å²) < 4.78 is 10.8. The van der Waals surface area contributed by atoms with Gasteiger partial charge in [0.2, 0.25) is 0 Å². The minimum atomic E-state index is -0.543. The predicted octanol–water partition coefficient (Wildman–Crippen LogP) is 0.487. The first kappa shape index (κ1) is 7.98. The van der Waals surface area contributed by atoms with Gasteiger partial charge in [0, 0.05) is 0 Å². The average molecular weight is 145 g/mol. The van der Waals surface area contributed by atoms with Gasteiger partial charge in [-0.15, -0.1) is 0 Å². The largest absolute Gasteiger partial charge is 0.349 e. The van der Waals surface area contributed by atoms with E-state index in [2.05, 4.69) is 0 Å². The van der Waals surface area contributed by atoms with Crippen molar-refractivity contribution in [3.05, 3.63) is 0 Å². The van der Waals surface area contributed by atoms with Crippen LogP contribution in [0.15, 0.2) is 0 Å². The predicted molar refractivity (Wildman–Crippen MR) is 38.6 cm³/mol. The summed E-state index contributed by atoms with van der Waals surface area (Å²) in [6.45, 7) is 5.30. The Hall–Kier alpha value is -0.120. The molecule has 0 amide bonds. The summed E-state index contributed by atoms with van der Waals surface area (Å²) >= 11 is 0. The molecule has 1 rings (SSSR count). The summed E-state index contributed by atoms with van der Waals surface area (Å²) in [5, 5.41) is 0. The van der Waals surface area contributed by atoms with E-state index in [-0.39, 0.29) is 6.04 Å². The third-order valence-electron chi connectivity index (χ3n) is 1.89.